The standard InChI is InChI=1S/C14H14Cl2N2O2/c1-19-14-5-2-9(6-12(14)16)18-8-20-10-3-4-13(17)11(15)7-10/h2-7,18H,8,17H2,1H3. The molecule has 0 saturated carbocycles. The van der Waals surface area contributed by atoms with E-state index in [1.165, 1.54) is 0 Å². The van der Waals surface area contributed by atoms with E-state index in [0.29, 0.717) is 27.2 Å². The van der Waals surface area contributed by atoms with Crippen molar-refractivity contribution >= 4 is 34.6 Å². The van der Waals surface area contributed by atoms with E-state index in [2.05, 4.69) is 5.32 Å². The Bertz CT molecular complexity index is 606. The van der Waals surface area contributed by atoms with Gasteiger partial charge in [0.25, 0.3) is 0 Å². The number of benzene rings is 2. The van der Waals surface area contributed by atoms with E-state index in [1.807, 2.05) is 6.07 Å². The summed E-state index contributed by atoms with van der Waals surface area (Å²) in [5, 5.41) is 4.09. The highest BCUT2D eigenvalue weighted by atomic mass is 35.5. The highest BCUT2D eigenvalue weighted by Gasteiger charge is 2.02. The maximum Gasteiger partial charge on any atom is 0.159 e. The average Bonchev–Trinajstić information content (AvgIpc) is 2.43. The molecule has 0 saturated heterocycles. The van der Waals surface area contributed by atoms with Crippen molar-refractivity contribution in [3.8, 4) is 11.5 Å². The van der Waals surface area contributed by atoms with Gasteiger partial charge in [0.1, 0.15) is 11.5 Å². The number of methoxy groups -OCH3 is 1. The summed E-state index contributed by atoms with van der Waals surface area (Å²) in [5.41, 5.74) is 6.98. The number of halogens is 2. The molecule has 2 aromatic rings. The molecule has 0 spiro atoms. The third-order valence-corrected chi connectivity index (χ3v) is 3.26. The minimum Gasteiger partial charge on any atom is -0.495 e. The third-order valence-electron chi connectivity index (χ3n) is 2.64. The van der Waals surface area contributed by atoms with Gasteiger partial charge in [0.05, 0.1) is 22.8 Å². The summed E-state index contributed by atoms with van der Waals surface area (Å²) in [6.45, 7) is 0.281. The molecular formula is C14H14Cl2N2O2. The molecule has 2 aromatic carbocycles. The molecule has 0 aliphatic rings. The fraction of sp³-hybridized carbons (Fsp3) is 0.143. The average molecular weight is 313 g/mol. The van der Waals surface area contributed by atoms with Gasteiger partial charge in [-0.3, -0.25) is 0 Å². The summed E-state index contributed by atoms with van der Waals surface area (Å²) in [4.78, 5) is 0. The Morgan fingerprint density at radius 2 is 1.90 bits per heavy atom. The van der Waals surface area contributed by atoms with Crippen LogP contribution in [0.25, 0.3) is 0 Å². The molecule has 3 N–H and O–H groups in total. The van der Waals surface area contributed by atoms with Gasteiger partial charge < -0.3 is 20.5 Å². The maximum atomic E-state index is 6.03. The lowest BCUT2D eigenvalue weighted by molar-refractivity contribution is 0.347. The van der Waals surface area contributed by atoms with Crippen LogP contribution in [0.5, 0.6) is 11.5 Å². The molecule has 4 nitrogen and oxygen atoms in total. The van der Waals surface area contributed by atoms with Crippen LogP contribution in [0.1, 0.15) is 0 Å². The first-order valence-electron chi connectivity index (χ1n) is 5.85. The van der Waals surface area contributed by atoms with Gasteiger partial charge in [0.2, 0.25) is 0 Å². The Balaban J connectivity index is 1.92. The topological polar surface area (TPSA) is 56.5 Å². The van der Waals surface area contributed by atoms with Gasteiger partial charge in [0.15, 0.2) is 6.73 Å². The Labute approximate surface area is 127 Å². The van der Waals surface area contributed by atoms with Gasteiger partial charge in [-0.15, -0.1) is 0 Å². The number of nitrogen functional groups attached to an aromatic ring is 1. The highest BCUT2D eigenvalue weighted by Crippen LogP contribution is 2.27. The number of hydrogen-bond donors (Lipinski definition) is 2. The van der Waals surface area contributed by atoms with Crippen molar-refractivity contribution < 1.29 is 9.47 Å². The largest absolute Gasteiger partial charge is 0.495 e. The molecule has 0 aliphatic heterocycles. The molecule has 0 aromatic heterocycles. The first kappa shape index (κ1) is 14.6. The molecule has 0 aliphatic carbocycles. The summed E-state index contributed by atoms with van der Waals surface area (Å²) in [5.74, 6) is 1.26. The molecule has 0 fully saturated rings. The van der Waals surface area contributed by atoms with E-state index in [0.717, 1.165) is 5.69 Å². The molecule has 2 rings (SSSR count). The predicted molar refractivity (Wildman–Crippen MR) is 83.0 cm³/mol. The van der Waals surface area contributed by atoms with Crippen LogP contribution in [0, 0.1) is 0 Å². The van der Waals surface area contributed by atoms with E-state index in [9.17, 15) is 0 Å². The summed E-state index contributed by atoms with van der Waals surface area (Å²) < 4.78 is 10.6. The SMILES string of the molecule is COc1ccc(NCOc2ccc(N)c(Cl)c2)cc1Cl. The molecule has 0 heterocycles. The van der Waals surface area contributed by atoms with Crippen molar-refractivity contribution in [3.63, 3.8) is 0 Å². The first-order valence-corrected chi connectivity index (χ1v) is 6.61. The fourth-order valence-corrected chi connectivity index (χ4v) is 2.00. The van der Waals surface area contributed by atoms with Crippen LogP contribution >= 0.6 is 23.2 Å². The maximum absolute atomic E-state index is 6.03. The zero-order valence-corrected chi connectivity index (χ0v) is 12.3. The minimum absolute atomic E-state index is 0.281. The van der Waals surface area contributed by atoms with E-state index in [4.69, 9.17) is 38.4 Å². The van der Waals surface area contributed by atoms with Crippen molar-refractivity contribution in [3.05, 3.63) is 46.4 Å². The van der Waals surface area contributed by atoms with Gasteiger partial charge in [-0.25, -0.2) is 0 Å². The molecule has 0 amide bonds. The van der Waals surface area contributed by atoms with Crippen molar-refractivity contribution in [2.24, 2.45) is 0 Å². The first-order chi connectivity index (χ1) is 9.60. The van der Waals surface area contributed by atoms with Gasteiger partial charge in [-0.2, -0.15) is 0 Å². The van der Waals surface area contributed by atoms with Crippen molar-refractivity contribution in [2.75, 3.05) is 24.9 Å². The van der Waals surface area contributed by atoms with Crippen molar-refractivity contribution in [1.29, 1.82) is 0 Å². The molecule has 106 valence electrons. The molecule has 0 radical (unpaired) electrons. The molecular weight excluding hydrogens is 299 g/mol. The summed E-state index contributed by atoms with van der Waals surface area (Å²) in [7, 11) is 1.57. The number of nitrogens with one attached hydrogen (secondary N) is 1. The monoisotopic (exact) mass is 312 g/mol. The Morgan fingerprint density at radius 1 is 1.10 bits per heavy atom. The smallest absolute Gasteiger partial charge is 0.159 e. The minimum atomic E-state index is 0.281. The fourth-order valence-electron chi connectivity index (χ4n) is 1.58. The second kappa shape index (κ2) is 6.59. The Morgan fingerprint density at radius 3 is 2.55 bits per heavy atom. The van der Waals surface area contributed by atoms with Gasteiger partial charge >= 0.3 is 0 Å². The van der Waals surface area contributed by atoms with Crippen molar-refractivity contribution in [2.45, 2.75) is 0 Å². The van der Waals surface area contributed by atoms with Crippen LogP contribution in [-0.2, 0) is 0 Å². The van der Waals surface area contributed by atoms with Crippen LogP contribution < -0.4 is 20.5 Å². The summed E-state index contributed by atoms with van der Waals surface area (Å²) in [6.07, 6.45) is 0. The van der Waals surface area contributed by atoms with E-state index in [-0.39, 0.29) is 6.73 Å². The molecule has 0 atom stereocenters. The second-order valence-electron chi connectivity index (χ2n) is 4.00. The zero-order chi connectivity index (χ0) is 14.5. The predicted octanol–water partition coefficient (Wildman–Crippen LogP) is 4.03. The number of rotatable bonds is 5. The number of ether oxygens (including phenoxy) is 2. The molecule has 6 heteroatoms. The number of nitrogens with two attached hydrogens (primary N) is 1. The highest BCUT2D eigenvalue weighted by molar-refractivity contribution is 6.33. The quantitative estimate of drug-likeness (QED) is 0.646. The van der Waals surface area contributed by atoms with Crippen LogP contribution in [0.3, 0.4) is 0 Å². The molecule has 0 bridgehead atoms. The van der Waals surface area contributed by atoms with E-state index >= 15 is 0 Å². The lowest BCUT2D eigenvalue weighted by atomic mass is 10.3. The summed E-state index contributed by atoms with van der Waals surface area (Å²) in [6, 6.07) is 10.5. The van der Waals surface area contributed by atoms with Gasteiger partial charge in [0, 0.05) is 11.8 Å². The van der Waals surface area contributed by atoms with E-state index < -0.39 is 0 Å². The lowest BCUT2D eigenvalue weighted by Gasteiger charge is -2.11. The Kier molecular flexibility index (Phi) is 4.82. The lowest BCUT2D eigenvalue weighted by Crippen LogP contribution is -2.08. The number of anilines is 2. The van der Waals surface area contributed by atoms with Gasteiger partial charge in [-0.1, -0.05) is 23.2 Å². The van der Waals surface area contributed by atoms with Gasteiger partial charge in [-0.05, 0) is 30.3 Å². The molecule has 20 heavy (non-hydrogen) atoms. The van der Waals surface area contributed by atoms with Crippen molar-refractivity contribution in [1.82, 2.24) is 0 Å². The van der Waals surface area contributed by atoms with Crippen LogP contribution in [0.2, 0.25) is 10.0 Å². The zero-order valence-electron chi connectivity index (χ0n) is 10.8. The second-order valence-corrected chi connectivity index (χ2v) is 4.81. The number of hydrogen-bond acceptors (Lipinski definition) is 4. The molecule has 0 unspecified atom stereocenters. The van der Waals surface area contributed by atoms with E-state index in [1.54, 1.807) is 37.4 Å². The normalized spacial score (nSPS) is 10.2. The van der Waals surface area contributed by atoms with Crippen LogP contribution in [0.4, 0.5) is 11.4 Å². The Hall–Kier alpha value is -1.78. The third kappa shape index (κ3) is 3.62. The van der Waals surface area contributed by atoms with Crippen LogP contribution in [0.15, 0.2) is 36.4 Å². The summed E-state index contributed by atoms with van der Waals surface area (Å²) >= 11 is 11.9. The van der Waals surface area contributed by atoms with Crippen LogP contribution in [-0.4, -0.2) is 13.8 Å².